The summed E-state index contributed by atoms with van der Waals surface area (Å²) >= 11 is 6.04. The lowest BCUT2D eigenvalue weighted by Crippen LogP contribution is -2.21. The van der Waals surface area contributed by atoms with E-state index in [1.807, 2.05) is 0 Å². The average molecular weight is 428 g/mol. The number of hydrogen-bond acceptors (Lipinski definition) is 3. The molecule has 10 heteroatoms. The molecule has 152 valence electrons. The Hall–Kier alpha value is -3.07. The van der Waals surface area contributed by atoms with Crippen LogP contribution in [0.4, 0.5) is 23.2 Å². The number of para-hydroxylation sites is 1. The molecule has 0 atom stereocenters. The molecular formula is C19H14ClF4N3O2. The Morgan fingerprint density at radius 1 is 1.21 bits per heavy atom. The van der Waals surface area contributed by atoms with Gasteiger partial charge in [-0.1, -0.05) is 29.8 Å². The van der Waals surface area contributed by atoms with Gasteiger partial charge in [0.15, 0.2) is 12.3 Å². The van der Waals surface area contributed by atoms with Crippen LogP contribution in [0.1, 0.15) is 11.3 Å². The first-order chi connectivity index (χ1) is 13.6. The smallest absolute Gasteiger partial charge is 0.435 e. The second kappa shape index (κ2) is 8.12. The van der Waals surface area contributed by atoms with Gasteiger partial charge in [-0.3, -0.25) is 4.79 Å². The molecule has 1 aromatic heterocycles. The number of hydrogen-bond donors (Lipinski definition) is 1. The Morgan fingerprint density at radius 3 is 2.59 bits per heavy atom. The molecule has 0 aliphatic carbocycles. The van der Waals surface area contributed by atoms with E-state index < -0.39 is 30.2 Å². The lowest BCUT2D eigenvalue weighted by Gasteiger charge is -2.11. The Labute approximate surface area is 167 Å². The Morgan fingerprint density at radius 2 is 1.93 bits per heavy atom. The molecule has 29 heavy (non-hydrogen) atoms. The van der Waals surface area contributed by atoms with E-state index >= 15 is 0 Å². The molecule has 1 amide bonds. The zero-order valence-corrected chi connectivity index (χ0v) is 15.7. The summed E-state index contributed by atoms with van der Waals surface area (Å²) in [5, 5.41) is 6.05. The van der Waals surface area contributed by atoms with Gasteiger partial charge in [0.2, 0.25) is 5.88 Å². The molecule has 3 aromatic rings. The van der Waals surface area contributed by atoms with Crippen LogP contribution in [0, 0.1) is 12.7 Å². The predicted octanol–water partition coefficient (Wildman–Crippen LogP) is 5.01. The van der Waals surface area contributed by atoms with Crippen molar-refractivity contribution in [3.05, 3.63) is 70.6 Å². The standard InChI is InChI=1S/C19H14ClF4N3O2/c1-11-6-7-12(8-14(11)21)25-17(28)10-29-18-9-16(19(22,23)24)26-27(18)15-5-3-2-4-13(15)20/h2-9H,10H2,1H3,(H,25,28). The van der Waals surface area contributed by atoms with Gasteiger partial charge in [-0.25, -0.2) is 4.39 Å². The van der Waals surface area contributed by atoms with E-state index in [9.17, 15) is 22.4 Å². The van der Waals surface area contributed by atoms with Gasteiger partial charge in [0.05, 0.1) is 10.7 Å². The van der Waals surface area contributed by atoms with E-state index in [4.69, 9.17) is 16.3 Å². The van der Waals surface area contributed by atoms with Crippen LogP contribution in [0.3, 0.4) is 0 Å². The van der Waals surface area contributed by atoms with Gasteiger partial charge in [-0.05, 0) is 36.8 Å². The van der Waals surface area contributed by atoms with Gasteiger partial charge in [0, 0.05) is 11.8 Å². The number of anilines is 1. The Bertz CT molecular complexity index is 1050. The SMILES string of the molecule is Cc1ccc(NC(=O)COc2cc(C(F)(F)F)nn2-c2ccccc2Cl)cc1F. The van der Waals surface area contributed by atoms with Crippen LogP contribution in [0.2, 0.25) is 5.02 Å². The third kappa shape index (κ3) is 4.86. The van der Waals surface area contributed by atoms with Crippen molar-refractivity contribution in [1.82, 2.24) is 9.78 Å². The molecule has 0 spiro atoms. The van der Waals surface area contributed by atoms with Crippen LogP contribution in [-0.4, -0.2) is 22.3 Å². The summed E-state index contributed by atoms with van der Waals surface area (Å²) < 4.78 is 58.9. The summed E-state index contributed by atoms with van der Waals surface area (Å²) in [5.74, 6) is -1.51. The van der Waals surface area contributed by atoms with E-state index in [0.29, 0.717) is 11.6 Å². The van der Waals surface area contributed by atoms with Crippen molar-refractivity contribution in [1.29, 1.82) is 0 Å². The van der Waals surface area contributed by atoms with Gasteiger partial charge >= 0.3 is 6.18 Å². The summed E-state index contributed by atoms with van der Waals surface area (Å²) in [7, 11) is 0. The topological polar surface area (TPSA) is 56.1 Å². The fourth-order valence-electron chi connectivity index (χ4n) is 2.41. The van der Waals surface area contributed by atoms with Crippen LogP contribution >= 0.6 is 11.6 Å². The van der Waals surface area contributed by atoms with Crippen LogP contribution in [-0.2, 0) is 11.0 Å². The number of benzene rings is 2. The number of nitrogens with zero attached hydrogens (tertiary/aromatic N) is 2. The van der Waals surface area contributed by atoms with Crippen molar-refractivity contribution in [2.75, 3.05) is 11.9 Å². The van der Waals surface area contributed by atoms with E-state index in [0.717, 1.165) is 10.7 Å². The minimum absolute atomic E-state index is 0.147. The van der Waals surface area contributed by atoms with E-state index in [1.165, 1.54) is 24.3 Å². The lowest BCUT2D eigenvalue weighted by atomic mass is 10.2. The number of carbonyl (C=O) groups excluding carboxylic acids is 1. The quantitative estimate of drug-likeness (QED) is 0.582. The molecule has 0 radical (unpaired) electrons. The highest BCUT2D eigenvalue weighted by atomic mass is 35.5. The molecule has 0 saturated carbocycles. The zero-order chi connectivity index (χ0) is 21.2. The maximum absolute atomic E-state index is 13.6. The fraction of sp³-hybridized carbons (Fsp3) is 0.158. The van der Waals surface area contributed by atoms with Crippen LogP contribution in [0.5, 0.6) is 5.88 Å². The number of carbonyl (C=O) groups is 1. The van der Waals surface area contributed by atoms with E-state index in [1.54, 1.807) is 19.1 Å². The molecule has 0 saturated heterocycles. The Balaban J connectivity index is 1.80. The molecule has 0 aliphatic heterocycles. The summed E-state index contributed by atoms with van der Waals surface area (Å²) in [6.07, 6.45) is -4.72. The monoisotopic (exact) mass is 427 g/mol. The number of alkyl halides is 3. The molecule has 0 fully saturated rings. The minimum atomic E-state index is -4.72. The highest BCUT2D eigenvalue weighted by Crippen LogP contribution is 2.33. The fourth-order valence-corrected chi connectivity index (χ4v) is 2.62. The van der Waals surface area contributed by atoms with Crippen LogP contribution in [0.15, 0.2) is 48.5 Å². The molecule has 1 N–H and O–H groups in total. The number of rotatable bonds is 5. The number of nitrogens with one attached hydrogen (secondary N) is 1. The summed E-state index contributed by atoms with van der Waals surface area (Å²) in [6, 6.07) is 10.9. The number of ether oxygens (including phenoxy) is 1. The molecule has 1 heterocycles. The first kappa shape index (κ1) is 20.7. The summed E-state index contributed by atoms with van der Waals surface area (Å²) in [6.45, 7) is 0.946. The first-order valence-corrected chi connectivity index (χ1v) is 8.64. The van der Waals surface area contributed by atoms with Crippen molar-refractivity contribution in [3.8, 4) is 11.6 Å². The molecule has 0 bridgehead atoms. The van der Waals surface area contributed by atoms with Crippen molar-refractivity contribution < 1.29 is 27.1 Å². The molecule has 3 rings (SSSR count). The second-order valence-corrected chi connectivity index (χ2v) is 6.44. The van der Waals surface area contributed by atoms with E-state index in [-0.39, 0.29) is 22.3 Å². The molecule has 0 unspecified atom stereocenters. The molecule has 0 aliphatic rings. The number of aromatic nitrogens is 2. The minimum Gasteiger partial charge on any atom is -0.467 e. The molecule has 2 aromatic carbocycles. The zero-order valence-electron chi connectivity index (χ0n) is 14.9. The molecule has 5 nitrogen and oxygen atoms in total. The normalized spacial score (nSPS) is 11.4. The lowest BCUT2D eigenvalue weighted by molar-refractivity contribution is -0.141. The largest absolute Gasteiger partial charge is 0.467 e. The highest BCUT2D eigenvalue weighted by Gasteiger charge is 2.36. The summed E-state index contributed by atoms with van der Waals surface area (Å²) in [4.78, 5) is 12.1. The maximum Gasteiger partial charge on any atom is 0.435 e. The van der Waals surface area contributed by atoms with Crippen molar-refractivity contribution in [2.24, 2.45) is 0 Å². The van der Waals surface area contributed by atoms with E-state index in [2.05, 4.69) is 10.4 Å². The summed E-state index contributed by atoms with van der Waals surface area (Å²) in [5.41, 5.74) is -0.450. The first-order valence-electron chi connectivity index (χ1n) is 8.26. The predicted molar refractivity (Wildman–Crippen MR) is 98.8 cm³/mol. The maximum atomic E-state index is 13.6. The van der Waals surface area contributed by atoms with Gasteiger partial charge in [0.1, 0.15) is 5.82 Å². The number of halogens is 5. The third-order valence-electron chi connectivity index (χ3n) is 3.85. The Kier molecular flexibility index (Phi) is 5.78. The van der Waals surface area contributed by atoms with Crippen molar-refractivity contribution >= 4 is 23.2 Å². The second-order valence-electron chi connectivity index (χ2n) is 6.03. The third-order valence-corrected chi connectivity index (χ3v) is 4.17. The van der Waals surface area contributed by atoms with Crippen LogP contribution < -0.4 is 10.1 Å². The average Bonchev–Trinajstić information content (AvgIpc) is 3.08. The van der Waals surface area contributed by atoms with Gasteiger partial charge in [0.25, 0.3) is 5.91 Å². The number of amides is 1. The van der Waals surface area contributed by atoms with Gasteiger partial charge in [-0.2, -0.15) is 23.0 Å². The van der Waals surface area contributed by atoms with Crippen LogP contribution in [0.25, 0.3) is 5.69 Å². The molecular weight excluding hydrogens is 414 g/mol. The van der Waals surface area contributed by atoms with Crippen molar-refractivity contribution in [2.45, 2.75) is 13.1 Å². The van der Waals surface area contributed by atoms with Crippen molar-refractivity contribution in [3.63, 3.8) is 0 Å². The highest BCUT2D eigenvalue weighted by molar-refractivity contribution is 6.32. The van der Waals surface area contributed by atoms with Gasteiger partial charge in [-0.15, -0.1) is 0 Å². The number of aryl methyl sites for hydroxylation is 1. The van der Waals surface area contributed by atoms with Gasteiger partial charge < -0.3 is 10.1 Å².